The Morgan fingerprint density at radius 1 is 1.33 bits per heavy atom. The van der Waals surface area contributed by atoms with E-state index in [-0.39, 0.29) is 0 Å². The molecule has 0 radical (unpaired) electrons. The average molecular weight is 243 g/mol. The van der Waals surface area contributed by atoms with Gasteiger partial charge in [0.15, 0.2) is 5.82 Å². The van der Waals surface area contributed by atoms with Gasteiger partial charge in [-0.2, -0.15) is 0 Å². The molecule has 2 heterocycles. The summed E-state index contributed by atoms with van der Waals surface area (Å²) in [7, 11) is 0. The Bertz CT molecular complexity index is 481. The monoisotopic (exact) mass is 242 g/mol. The van der Waals surface area contributed by atoms with Gasteiger partial charge in [0.2, 0.25) is 0 Å². The third-order valence-corrected chi connectivity index (χ3v) is 2.40. The van der Waals surface area contributed by atoms with Crippen molar-refractivity contribution in [2.45, 2.75) is 6.54 Å². The largest absolute Gasteiger partial charge is 0.324 e. The zero-order valence-electron chi connectivity index (χ0n) is 7.69. The SMILES string of the molecule is NCc1nccn1-c1ncc(Cl)cc1Cl. The summed E-state index contributed by atoms with van der Waals surface area (Å²) in [5, 5.41) is 0.966. The first-order chi connectivity index (χ1) is 7.22. The molecule has 0 amide bonds. The van der Waals surface area contributed by atoms with Crippen LogP contribution in [0.25, 0.3) is 5.82 Å². The van der Waals surface area contributed by atoms with Gasteiger partial charge in [0.25, 0.3) is 0 Å². The molecule has 0 aromatic carbocycles. The molecule has 0 saturated carbocycles. The molecule has 4 nitrogen and oxygen atoms in total. The summed E-state index contributed by atoms with van der Waals surface area (Å²) >= 11 is 11.8. The van der Waals surface area contributed by atoms with Crippen molar-refractivity contribution in [1.29, 1.82) is 0 Å². The number of rotatable bonds is 2. The molecular formula is C9H8Cl2N4. The molecule has 0 fully saturated rings. The number of nitrogens with two attached hydrogens (primary N) is 1. The second kappa shape index (κ2) is 4.18. The minimum atomic E-state index is 0.327. The van der Waals surface area contributed by atoms with E-state index in [9.17, 15) is 0 Å². The lowest BCUT2D eigenvalue weighted by Crippen LogP contribution is -2.07. The Kier molecular flexibility index (Phi) is 2.90. The Morgan fingerprint density at radius 2 is 2.13 bits per heavy atom. The fraction of sp³-hybridized carbons (Fsp3) is 0.111. The topological polar surface area (TPSA) is 56.7 Å². The van der Waals surface area contributed by atoms with Gasteiger partial charge in [0.1, 0.15) is 5.82 Å². The molecule has 78 valence electrons. The number of halogens is 2. The minimum Gasteiger partial charge on any atom is -0.324 e. The predicted molar refractivity (Wildman–Crippen MR) is 59.3 cm³/mol. The molecular weight excluding hydrogens is 235 g/mol. The van der Waals surface area contributed by atoms with Crippen LogP contribution in [-0.4, -0.2) is 14.5 Å². The van der Waals surface area contributed by atoms with Gasteiger partial charge in [-0.3, -0.25) is 4.57 Å². The predicted octanol–water partition coefficient (Wildman–Crippen LogP) is 2.03. The van der Waals surface area contributed by atoms with Gasteiger partial charge in [-0.1, -0.05) is 23.2 Å². The zero-order valence-corrected chi connectivity index (χ0v) is 9.20. The smallest absolute Gasteiger partial charge is 0.157 e. The Labute approximate surface area is 96.7 Å². The van der Waals surface area contributed by atoms with Crippen molar-refractivity contribution >= 4 is 23.2 Å². The Hall–Kier alpha value is -1.10. The van der Waals surface area contributed by atoms with Crippen LogP contribution < -0.4 is 5.73 Å². The standard InChI is InChI=1S/C9H8Cl2N4/c10-6-3-7(11)9(14-5-6)15-2-1-13-8(15)4-12/h1-3,5H,4,12H2. The van der Waals surface area contributed by atoms with Gasteiger partial charge in [-0.05, 0) is 6.07 Å². The highest BCUT2D eigenvalue weighted by molar-refractivity contribution is 6.35. The minimum absolute atomic E-state index is 0.327. The van der Waals surface area contributed by atoms with Gasteiger partial charge < -0.3 is 5.73 Å². The third kappa shape index (κ3) is 1.97. The molecule has 2 aromatic heterocycles. The summed E-state index contributed by atoms with van der Waals surface area (Å²) in [6.45, 7) is 0.327. The molecule has 0 saturated heterocycles. The molecule has 0 unspecified atom stereocenters. The maximum absolute atomic E-state index is 6.01. The van der Waals surface area contributed by atoms with E-state index < -0.39 is 0 Å². The van der Waals surface area contributed by atoms with Crippen molar-refractivity contribution in [3.05, 3.63) is 40.5 Å². The summed E-state index contributed by atoms with van der Waals surface area (Å²) in [5.41, 5.74) is 5.53. The number of nitrogens with zero attached hydrogens (tertiary/aromatic N) is 3. The van der Waals surface area contributed by atoms with Crippen molar-refractivity contribution in [2.75, 3.05) is 0 Å². The first-order valence-corrected chi connectivity index (χ1v) is 5.01. The van der Waals surface area contributed by atoms with Crippen molar-refractivity contribution in [1.82, 2.24) is 14.5 Å². The van der Waals surface area contributed by atoms with Crippen LogP contribution in [0.5, 0.6) is 0 Å². The number of imidazole rings is 1. The summed E-state index contributed by atoms with van der Waals surface area (Å²) in [4.78, 5) is 8.21. The summed E-state index contributed by atoms with van der Waals surface area (Å²) < 4.78 is 1.73. The number of hydrogen-bond acceptors (Lipinski definition) is 3. The lowest BCUT2D eigenvalue weighted by molar-refractivity contribution is 0.848. The molecule has 2 rings (SSSR count). The highest BCUT2D eigenvalue weighted by Gasteiger charge is 2.08. The van der Waals surface area contributed by atoms with E-state index in [1.54, 1.807) is 23.0 Å². The van der Waals surface area contributed by atoms with Gasteiger partial charge >= 0.3 is 0 Å². The molecule has 0 spiro atoms. The van der Waals surface area contributed by atoms with Crippen LogP contribution in [0.2, 0.25) is 10.0 Å². The van der Waals surface area contributed by atoms with Crippen molar-refractivity contribution < 1.29 is 0 Å². The van der Waals surface area contributed by atoms with E-state index >= 15 is 0 Å². The molecule has 0 aliphatic heterocycles. The highest BCUT2D eigenvalue weighted by Crippen LogP contribution is 2.22. The first kappa shape index (κ1) is 10.4. The molecule has 0 atom stereocenters. The molecule has 0 bridgehead atoms. The van der Waals surface area contributed by atoms with Crippen LogP contribution in [0.1, 0.15) is 5.82 Å². The second-order valence-corrected chi connectivity index (χ2v) is 3.72. The molecule has 6 heteroatoms. The maximum atomic E-state index is 6.01. The first-order valence-electron chi connectivity index (χ1n) is 4.26. The van der Waals surface area contributed by atoms with Crippen LogP contribution in [0.4, 0.5) is 0 Å². The van der Waals surface area contributed by atoms with Crippen LogP contribution in [-0.2, 0) is 6.54 Å². The quantitative estimate of drug-likeness (QED) is 0.877. The molecule has 0 aliphatic rings. The summed E-state index contributed by atoms with van der Waals surface area (Å²) in [6.07, 6.45) is 4.93. The molecule has 0 aliphatic carbocycles. The molecule has 15 heavy (non-hydrogen) atoms. The van der Waals surface area contributed by atoms with Crippen LogP contribution in [0, 0.1) is 0 Å². The van der Waals surface area contributed by atoms with E-state index in [1.807, 2.05) is 0 Å². The fourth-order valence-corrected chi connectivity index (χ4v) is 1.73. The van der Waals surface area contributed by atoms with E-state index in [0.29, 0.717) is 28.2 Å². The van der Waals surface area contributed by atoms with E-state index in [0.717, 1.165) is 0 Å². The lowest BCUT2D eigenvalue weighted by Gasteiger charge is -2.07. The van der Waals surface area contributed by atoms with Crippen LogP contribution in [0.15, 0.2) is 24.7 Å². The van der Waals surface area contributed by atoms with Gasteiger partial charge in [-0.15, -0.1) is 0 Å². The van der Waals surface area contributed by atoms with Gasteiger partial charge in [0, 0.05) is 18.6 Å². The van der Waals surface area contributed by atoms with Crippen molar-refractivity contribution in [3.8, 4) is 5.82 Å². The second-order valence-electron chi connectivity index (χ2n) is 2.88. The maximum Gasteiger partial charge on any atom is 0.157 e. The van der Waals surface area contributed by atoms with Crippen LogP contribution >= 0.6 is 23.2 Å². The van der Waals surface area contributed by atoms with Crippen molar-refractivity contribution in [2.24, 2.45) is 5.73 Å². The Morgan fingerprint density at radius 3 is 2.80 bits per heavy atom. The fourth-order valence-electron chi connectivity index (χ4n) is 1.26. The summed E-state index contributed by atoms with van der Waals surface area (Å²) in [6, 6.07) is 1.63. The number of pyridine rings is 1. The normalized spacial score (nSPS) is 10.6. The third-order valence-electron chi connectivity index (χ3n) is 1.92. The summed E-state index contributed by atoms with van der Waals surface area (Å²) in [5.74, 6) is 1.28. The lowest BCUT2D eigenvalue weighted by atomic mass is 10.4. The number of hydrogen-bond donors (Lipinski definition) is 1. The van der Waals surface area contributed by atoms with E-state index in [4.69, 9.17) is 28.9 Å². The molecule has 2 aromatic rings. The van der Waals surface area contributed by atoms with Crippen LogP contribution in [0.3, 0.4) is 0 Å². The van der Waals surface area contributed by atoms with Gasteiger partial charge in [-0.25, -0.2) is 9.97 Å². The zero-order chi connectivity index (χ0) is 10.8. The highest BCUT2D eigenvalue weighted by atomic mass is 35.5. The average Bonchev–Trinajstić information content (AvgIpc) is 2.65. The van der Waals surface area contributed by atoms with Gasteiger partial charge in [0.05, 0.1) is 16.6 Å². The van der Waals surface area contributed by atoms with E-state index in [1.165, 1.54) is 6.20 Å². The number of aromatic nitrogens is 3. The van der Waals surface area contributed by atoms with E-state index in [2.05, 4.69) is 9.97 Å². The molecule has 2 N–H and O–H groups in total. The van der Waals surface area contributed by atoms with Crippen molar-refractivity contribution in [3.63, 3.8) is 0 Å². The Balaban J connectivity index is 2.54.